The second-order valence-corrected chi connectivity index (χ2v) is 13.1. The number of hydrogen-bond acceptors (Lipinski definition) is 6. The number of carbonyl (C=O) groups is 5. The molecule has 0 aromatic carbocycles. The van der Waals surface area contributed by atoms with Crippen molar-refractivity contribution in [2.24, 2.45) is 29.1 Å². The van der Waals surface area contributed by atoms with Crippen LogP contribution < -0.4 is 10.6 Å². The Morgan fingerprint density at radius 3 is 2.44 bits per heavy atom. The van der Waals surface area contributed by atoms with Crippen molar-refractivity contribution < 1.29 is 28.7 Å². The van der Waals surface area contributed by atoms with Gasteiger partial charge in [0.2, 0.25) is 17.6 Å². The number of hydrogen-bond donors (Lipinski definition) is 2. The lowest BCUT2D eigenvalue weighted by molar-refractivity contribution is -0.160. The van der Waals surface area contributed by atoms with Crippen LogP contribution in [-0.4, -0.2) is 65.1 Å². The number of piperidine rings is 1. The van der Waals surface area contributed by atoms with Gasteiger partial charge in [-0.15, -0.1) is 13.2 Å². The first-order valence-electron chi connectivity index (χ1n) is 14.8. The van der Waals surface area contributed by atoms with Crippen LogP contribution in [0.25, 0.3) is 0 Å². The molecule has 1 aliphatic heterocycles. The lowest BCUT2D eigenvalue weighted by Crippen LogP contribution is -2.56. The fourth-order valence-electron chi connectivity index (χ4n) is 6.41. The predicted octanol–water partition coefficient (Wildman–Crippen LogP) is 3.50. The van der Waals surface area contributed by atoms with E-state index in [-0.39, 0.29) is 48.5 Å². The minimum Gasteiger partial charge on any atom is -0.460 e. The lowest BCUT2D eigenvalue weighted by Gasteiger charge is -2.36. The maximum Gasteiger partial charge on any atom is 0.307 e. The summed E-state index contributed by atoms with van der Waals surface area (Å²) in [5, 5.41) is 5.27. The molecule has 4 unspecified atom stereocenters. The van der Waals surface area contributed by atoms with Gasteiger partial charge in [0, 0.05) is 13.1 Å². The summed E-state index contributed by atoms with van der Waals surface area (Å²) in [5.74, 6) is -3.43. The number of allylic oxidation sites excluding steroid dienone is 3. The molecule has 2 aliphatic carbocycles. The highest BCUT2D eigenvalue weighted by Crippen LogP contribution is 2.65. The van der Waals surface area contributed by atoms with Gasteiger partial charge in [-0.2, -0.15) is 0 Å². The molecule has 9 nitrogen and oxygen atoms in total. The first-order valence-corrected chi connectivity index (χ1v) is 14.8. The molecule has 226 valence electrons. The highest BCUT2D eigenvalue weighted by molar-refractivity contribution is 6.38. The summed E-state index contributed by atoms with van der Waals surface area (Å²) in [4.78, 5) is 68.0. The Bertz CT molecular complexity index is 1090. The van der Waals surface area contributed by atoms with Gasteiger partial charge in [0.25, 0.3) is 5.91 Å². The Morgan fingerprint density at radius 1 is 1.15 bits per heavy atom. The lowest BCUT2D eigenvalue weighted by atomic mass is 9.81. The van der Waals surface area contributed by atoms with Gasteiger partial charge in [0.1, 0.15) is 11.6 Å². The molecule has 1 saturated carbocycles. The number of carbonyl (C=O) groups excluding carboxylic acids is 5. The van der Waals surface area contributed by atoms with Crippen molar-refractivity contribution in [3.8, 4) is 0 Å². The van der Waals surface area contributed by atoms with E-state index >= 15 is 0 Å². The third kappa shape index (κ3) is 7.74. The van der Waals surface area contributed by atoms with Crippen molar-refractivity contribution >= 4 is 29.5 Å². The Morgan fingerprint density at radius 2 is 1.85 bits per heavy atom. The van der Waals surface area contributed by atoms with Gasteiger partial charge in [-0.1, -0.05) is 38.2 Å². The summed E-state index contributed by atoms with van der Waals surface area (Å²) in [7, 11) is 0. The fourth-order valence-corrected chi connectivity index (χ4v) is 6.41. The van der Waals surface area contributed by atoms with Crippen molar-refractivity contribution in [3.63, 3.8) is 0 Å². The summed E-state index contributed by atoms with van der Waals surface area (Å²) in [6, 6.07) is -1.85. The van der Waals surface area contributed by atoms with Crippen LogP contribution in [-0.2, 0) is 28.7 Å². The molecule has 0 aromatic heterocycles. The standard InChI is InChI=1S/C32H47N3O6/c1-8-10-16-23(27(37)29(39)33-17-9-2)34-28(38)26-25-22(32(25,6)7)19-35(26)30(40)21(20-14-12-11-13-15-20)18-24(36)41-31(3,4)5/h8-9,12,14,20-23,25-26H,1-2,10-11,13,15-19H2,3-7H3,(H,33,39)(H,34,38)/t20?,21?,22?,23-,25+,26?/m1/s1. The molecule has 0 radical (unpaired) electrons. The van der Waals surface area contributed by atoms with Crippen LogP contribution in [0.2, 0.25) is 0 Å². The molecule has 2 N–H and O–H groups in total. The minimum absolute atomic E-state index is 0.0708. The second kappa shape index (κ2) is 13.2. The SMILES string of the molecule is C=CCC[C@@H](NC(=O)C1[C@@H]2C(CN1C(=O)C(CC(=O)OC(C)(C)C)C1C=CCCC1)C2(C)C)C(=O)C(=O)NCC=C. The average Bonchev–Trinajstić information content (AvgIpc) is 3.23. The van der Waals surface area contributed by atoms with Gasteiger partial charge in [-0.25, -0.2) is 0 Å². The maximum absolute atomic E-state index is 14.2. The number of esters is 1. The van der Waals surface area contributed by atoms with Gasteiger partial charge < -0.3 is 20.3 Å². The van der Waals surface area contributed by atoms with Crippen molar-refractivity contribution in [1.29, 1.82) is 0 Å². The number of ketones is 1. The molecule has 1 saturated heterocycles. The van der Waals surface area contributed by atoms with Gasteiger partial charge >= 0.3 is 5.97 Å². The number of nitrogens with one attached hydrogen (secondary N) is 2. The molecule has 0 bridgehead atoms. The number of ether oxygens (including phenoxy) is 1. The van der Waals surface area contributed by atoms with Crippen LogP contribution in [0.3, 0.4) is 0 Å². The Balaban J connectivity index is 1.86. The summed E-state index contributed by atoms with van der Waals surface area (Å²) >= 11 is 0. The highest BCUT2D eigenvalue weighted by Gasteiger charge is 2.69. The molecule has 9 heteroatoms. The van der Waals surface area contributed by atoms with E-state index in [1.54, 1.807) is 31.7 Å². The molecule has 2 fully saturated rings. The van der Waals surface area contributed by atoms with E-state index in [4.69, 9.17) is 4.74 Å². The zero-order valence-electron chi connectivity index (χ0n) is 25.2. The van der Waals surface area contributed by atoms with E-state index in [0.717, 1.165) is 19.3 Å². The molecule has 3 aliphatic rings. The van der Waals surface area contributed by atoms with Crippen LogP contribution >= 0.6 is 0 Å². The monoisotopic (exact) mass is 569 g/mol. The van der Waals surface area contributed by atoms with E-state index in [1.807, 2.05) is 12.2 Å². The zero-order valence-corrected chi connectivity index (χ0v) is 25.2. The number of likely N-dealkylation sites (tertiary alicyclic amines) is 1. The number of rotatable bonds is 13. The molecule has 3 amide bonds. The minimum atomic E-state index is -1.05. The number of amides is 3. The van der Waals surface area contributed by atoms with Crippen LogP contribution in [0.5, 0.6) is 0 Å². The highest BCUT2D eigenvalue weighted by atomic mass is 16.6. The van der Waals surface area contributed by atoms with E-state index in [9.17, 15) is 24.0 Å². The third-order valence-corrected chi connectivity index (χ3v) is 8.62. The van der Waals surface area contributed by atoms with Crippen molar-refractivity contribution in [2.75, 3.05) is 13.1 Å². The summed E-state index contributed by atoms with van der Waals surface area (Å²) < 4.78 is 5.57. The Kier molecular flexibility index (Phi) is 10.4. The largest absolute Gasteiger partial charge is 0.460 e. The first kappa shape index (κ1) is 32.3. The van der Waals surface area contributed by atoms with Crippen molar-refractivity contribution in [3.05, 3.63) is 37.5 Å². The van der Waals surface area contributed by atoms with Gasteiger partial charge in [0.15, 0.2) is 0 Å². The molecule has 3 rings (SSSR count). The molecule has 1 heterocycles. The van der Waals surface area contributed by atoms with E-state index < -0.39 is 47.2 Å². The number of nitrogens with zero attached hydrogens (tertiary/aromatic N) is 1. The molecule has 0 aromatic rings. The molecular formula is C32H47N3O6. The maximum atomic E-state index is 14.2. The van der Waals surface area contributed by atoms with Gasteiger partial charge in [0.05, 0.1) is 18.4 Å². The molecule has 0 spiro atoms. The number of Topliss-reactive ketones (excluding diaryl/α,β-unsaturated/α-hetero) is 1. The van der Waals surface area contributed by atoms with Crippen LogP contribution in [0.4, 0.5) is 0 Å². The quantitative estimate of drug-likeness (QED) is 0.199. The van der Waals surface area contributed by atoms with Gasteiger partial charge in [-0.3, -0.25) is 24.0 Å². The Labute approximate surface area is 244 Å². The smallest absolute Gasteiger partial charge is 0.307 e. The second-order valence-electron chi connectivity index (χ2n) is 13.1. The van der Waals surface area contributed by atoms with Crippen molar-refractivity contribution in [2.45, 2.75) is 90.8 Å². The number of fused-ring (bicyclic) bond motifs is 1. The zero-order chi connectivity index (χ0) is 30.5. The first-order chi connectivity index (χ1) is 19.2. The Hall–Kier alpha value is -3.23. The molecular weight excluding hydrogens is 522 g/mol. The molecule has 41 heavy (non-hydrogen) atoms. The topological polar surface area (TPSA) is 122 Å². The normalized spacial score (nSPS) is 25.7. The van der Waals surface area contributed by atoms with Crippen LogP contribution in [0.15, 0.2) is 37.5 Å². The fraction of sp³-hybridized carbons (Fsp3) is 0.656. The van der Waals surface area contributed by atoms with E-state index in [0.29, 0.717) is 13.0 Å². The predicted molar refractivity (Wildman–Crippen MR) is 156 cm³/mol. The summed E-state index contributed by atoms with van der Waals surface area (Å²) in [5.41, 5.74) is -0.827. The van der Waals surface area contributed by atoms with Gasteiger partial charge in [-0.05, 0) is 76.0 Å². The van der Waals surface area contributed by atoms with Crippen molar-refractivity contribution in [1.82, 2.24) is 15.5 Å². The third-order valence-electron chi connectivity index (χ3n) is 8.62. The average molecular weight is 570 g/mol. The summed E-state index contributed by atoms with van der Waals surface area (Å²) in [6.07, 6.45) is 10.3. The van der Waals surface area contributed by atoms with Crippen LogP contribution in [0.1, 0.15) is 73.1 Å². The van der Waals surface area contributed by atoms with E-state index in [2.05, 4.69) is 37.6 Å². The summed E-state index contributed by atoms with van der Waals surface area (Å²) in [6.45, 7) is 17.3. The van der Waals surface area contributed by atoms with Crippen LogP contribution in [0, 0.1) is 29.1 Å². The van der Waals surface area contributed by atoms with E-state index in [1.165, 1.54) is 6.08 Å². The molecule has 6 atom stereocenters.